The largest absolute Gasteiger partial charge is 0.456 e. The van der Waals surface area contributed by atoms with Crippen molar-refractivity contribution in [3.05, 3.63) is 89.8 Å². The number of amides is 2. The normalized spacial score (nSPS) is 18.7. The Bertz CT molecular complexity index is 1630. The van der Waals surface area contributed by atoms with Crippen LogP contribution in [0.2, 0.25) is 18.1 Å². The summed E-state index contributed by atoms with van der Waals surface area (Å²) in [7, 11) is -2.20. The number of carbonyl (C=O) groups excluding carboxylic acids is 3. The van der Waals surface area contributed by atoms with Crippen molar-refractivity contribution >= 4 is 61.2 Å². The Morgan fingerprint density at radius 1 is 0.959 bits per heavy atom. The number of fused-ring (bicyclic) bond motifs is 1. The zero-order valence-electron chi connectivity index (χ0n) is 28.3. The van der Waals surface area contributed by atoms with Gasteiger partial charge in [-0.3, -0.25) is 29.9 Å². The summed E-state index contributed by atoms with van der Waals surface area (Å²) in [5, 5.41) is 24.2. The SMILES string of the molecule is CC(CSC1=C(C(=O)OCc2ccc([N+](=O)[O-])cc2)N2C(=O)[C@H]([C@@H](C)O[Si](C)(C)C(C)(C)C)[C@H]2S1)NC(=O)OCc1ccc([N+](=O)[O-])cc1. The van der Waals surface area contributed by atoms with Crippen LogP contribution in [0.5, 0.6) is 0 Å². The van der Waals surface area contributed by atoms with E-state index in [4.69, 9.17) is 13.9 Å². The highest BCUT2D eigenvalue weighted by Gasteiger charge is 2.59. The van der Waals surface area contributed by atoms with E-state index in [1.54, 1.807) is 6.92 Å². The van der Waals surface area contributed by atoms with E-state index in [1.165, 1.54) is 77.0 Å². The van der Waals surface area contributed by atoms with Crippen LogP contribution in [-0.2, 0) is 36.7 Å². The summed E-state index contributed by atoms with van der Waals surface area (Å²) in [5.41, 5.74) is 1.10. The third kappa shape index (κ3) is 9.00. The van der Waals surface area contributed by atoms with Gasteiger partial charge in [-0.2, -0.15) is 0 Å². The molecule has 0 saturated carbocycles. The van der Waals surface area contributed by atoms with Crippen LogP contribution in [0.4, 0.5) is 16.2 Å². The van der Waals surface area contributed by atoms with Gasteiger partial charge in [-0.25, -0.2) is 9.59 Å². The molecule has 1 saturated heterocycles. The summed E-state index contributed by atoms with van der Waals surface area (Å²) in [5.74, 6) is -1.07. The highest BCUT2D eigenvalue weighted by atomic mass is 32.2. The minimum absolute atomic E-state index is 0.0607. The first-order valence-corrected chi connectivity index (χ1v) is 20.3. The fourth-order valence-corrected chi connectivity index (χ4v) is 9.14. The Balaban J connectivity index is 1.42. The minimum atomic E-state index is -2.20. The number of ether oxygens (including phenoxy) is 2. The molecule has 17 heteroatoms. The van der Waals surface area contributed by atoms with Crippen LogP contribution in [0.15, 0.2) is 58.5 Å². The Kier molecular flexibility index (Phi) is 11.8. The van der Waals surface area contributed by atoms with Crippen LogP contribution in [0.1, 0.15) is 45.7 Å². The fraction of sp³-hybridized carbons (Fsp3) is 0.469. The number of nitro groups is 2. The number of benzene rings is 2. The van der Waals surface area contributed by atoms with E-state index in [0.29, 0.717) is 21.1 Å². The standard InChI is InChI=1S/C32H40N4O10S2Si/c1-19(33-31(39)45-17-22-10-14-24(15-11-22)36(42)43)18-47-30-26(29(38)44-16-21-8-12-23(13-9-21)35(40)41)34-27(37)25(28(34)48-30)20(2)46-49(6,7)32(3,4)5/h8-15,19-20,25,28H,16-18H2,1-7H3,(H,33,39)/t19?,20-,25+,28-/m1/s1. The molecule has 2 aliphatic heterocycles. The van der Waals surface area contributed by atoms with Crippen molar-refractivity contribution in [1.82, 2.24) is 10.2 Å². The second-order valence-electron chi connectivity index (χ2n) is 13.3. The molecule has 4 atom stereocenters. The zero-order valence-corrected chi connectivity index (χ0v) is 30.9. The van der Waals surface area contributed by atoms with Crippen LogP contribution < -0.4 is 5.32 Å². The Hall–Kier alpha value is -3.93. The first-order valence-electron chi connectivity index (χ1n) is 15.5. The van der Waals surface area contributed by atoms with E-state index in [1.807, 2.05) is 6.92 Å². The van der Waals surface area contributed by atoms with Gasteiger partial charge in [0.05, 0.1) is 26.1 Å². The number of thioether (sulfide) groups is 2. The van der Waals surface area contributed by atoms with Crippen molar-refractivity contribution in [1.29, 1.82) is 0 Å². The number of nitrogens with zero attached hydrogens (tertiary/aromatic N) is 3. The minimum Gasteiger partial charge on any atom is -0.456 e. The summed E-state index contributed by atoms with van der Waals surface area (Å²) in [4.78, 5) is 61.9. The summed E-state index contributed by atoms with van der Waals surface area (Å²) < 4.78 is 18.0. The first-order chi connectivity index (χ1) is 22.9. The number of carbonyl (C=O) groups is 3. The van der Waals surface area contributed by atoms with Crippen molar-refractivity contribution in [2.45, 2.75) is 83.5 Å². The first kappa shape index (κ1) is 37.9. The molecule has 2 aliphatic rings. The summed E-state index contributed by atoms with van der Waals surface area (Å²) in [6, 6.07) is 10.9. The molecule has 0 spiro atoms. The third-order valence-electron chi connectivity index (χ3n) is 8.59. The Morgan fingerprint density at radius 3 is 1.96 bits per heavy atom. The molecule has 4 rings (SSSR count). The number of hydrogen-bond donors (Lipinski definition) is 1. The summed E-state index contributed by atoms with van der Waals surface area (Å²) in [6.45, 7) is 14.1. The van der Waals surface area contributed by atoms with Gasteiger partial charge < -0.3 is 19.2 Å². The average Bonchev–Trinajstić information content (AvgIpc) is 3.35. The molecule has 0 bridgehead atoms. The number of nitrogens with one attached hydrogen (secondary N) is 1. The lowest BCUT2D eigenvalue weighted by Gasteiger charge is -2.48. The van der Waals surface area contributed by atoms with Crippen molar-refractivity contribution in [3.63, 3.8) is 0 Å². The van der Waals surface area contributed by atoms with E-state index < -0.39 is 42.2 Å². The summed E-state index contributed by atoms with van der Waals surface area (Å²) >= 11 is 2.69. The van der Waals surface area contributed by atoms with Gasteiger partial charge in [0.25, 0.3) is 11.4 Å². The van der Waals surface area contributed by atoms with Crippen LogP contribution in [0, 0.1) is 26.1 Å². The molecule has 2 aromatic rings. The van der Waals surface area contributed by atoms with Gasteiger partial charge in [0.2, 0.25) is 5.91 Å². The predicted octanol–water partition coefficient (Wildman–Crippen LogP) is 6.71. The molecule has 2 aromatic carbocycles. The van der Waals surface area contributed by atoms with Crippen molar-refractivity contribution in [3.8, 4) is 0 Å². The molecule has 264 valence electrons. The number of β-lactam (4-membered cyclic amide) rings is 1. The van der Waals surface area contributed by atoms with Gasteiger partial charge in [0, 0.05) is 36.1 Å². The molecule has 0 radical (unpaired) electrons. The number of esters is 1. The van der Waals surface area contributed by atoms with Crippen molar-refractivity contribution in [2.24, 2.45) is 5.92 Å². The molecule has 14 nitrogen and oxygen atoms in total. The van der Waals surface area contributed by atoms with Crippen molar-refractivity contribution < 1.29 is 38.1 Å². The fourth-order valence-electron chi connectivity index (χ4n) is 4.82. The number of hydrogen-bond acceptors (Lipinski definition) is 12. The highest BCUT2D eigenvalue weighted by Crippen LogP contribution is 2.55. The van der Waals surface area contributed by atoms with E-state index in [9.17, 15) is 34.6 Å². The summed E-state index contributed by atoms with van der Waals surface area (Å²) in [6.07, 6.45) is -1.06. The number of nitro benzene ring substituents is 2. The van der Waals surface area contributed by atoms with E-state index >= 15 is 0 Å². The highest BCUT2D eigenvalue weighted by molar-refractivity contribution is 8.22. The quantitative estimate of drug-likeness (QED) is 0.0715. The third-order valence-corrected chi connectivity index (χ3v) is 16.1. The van der Waals surface area contributed by atoms with Gasteiger partial charge >= 0.3 is 12.1 Å². The smallest absolute Gasteiger partial charge is 0.407 e. The van der Waals surface area contributed by atoms with Crippen LogP contribution in [-0.4, -0.2) is 64.3 Å². The molecule has 49 heavy (non-hydrogen) atoms. The average molecular weight is 733 g/mol. The molecule has 2 amide bonds. The monoisotopic (exact) mass is 732 g/mol. The lowest BCUT2D eigenvalue weighted by Crippen LogP contribution is -2.62. The van der Waals surface area contributed by atoms with E-state index in [0.717, 1.165) is 0 Å². The molecule has 1 fully saturated rings. The second kappa shape index (κ2) is 15.3. The maximum absolute atomic E-state index is 13.6. The van der Waals surface area contributed by atoms with E-state index in [2.05, 4.69) is 39.2 Å². The number of non-ortho nitro benzene ring substituents is 2. The molecular weight excluding hydrogens is 693 g/mol. The molecular formula is C32H40N4O10S2Si. The molecule has 1 N–H and O–H groups in total. The molecule has 0 aromatic heterocycles. The second-order valence-corrected chi connectivity index (χ2v) is 20.5. The molecule has 1 unspecified atom stereocenters. The van der Waals surface area contributed by atoms with Gasteiger partial charge in [-0.15, -0.1) is 11.8 Å². The molecule has 2 heterocycles. The van der Waals surface area contributed by atoms with Gasteiger partial charge in [-0.1, -0.05) is 32.5 Å². The van der Waals surface area contributed by atoms with Crippen LogP contribution >= 0.6 is 23.5 Å². The maximum atomic E-state index is 13.6. The zero-order chi connectivity index (χ0) is 36.3. The van der Waals surface area contributed by atoms with Crippen LogP contribution in [0.25, 0.3) is 0 Å². The Morgan fingerprint density at radius 2 is 1.47 bits per heavy atom. The van der Waals surface area contributed by atoms with Gasteiger partial charge in [0.1, 0.15) is 18.6 Å². The molecule has 0 aliphatic carbocycles. The topological polar surface area (TPSA) is 180 Å². The van der Waals surface area contributed by atoms with Crippen molar-refractivity contribution in [2.75, 3.05) is 5.75 Å². The number of alkyl carbamates (subject to hydrolysis) is 1. The predicted molar refractivity (Wildman–Crippen MR) is 188 cm³/mol. The lowest BCUT2D eigenvalue weighted by molar-refractivity contribution is -0.385. The number of rotatable bonds is 14. The lowest BCUT2D eigenvalue weighted by atomic mass is 9.92. The van der Waals surface area contributed by atoms with E-state index in [-0.39, 0.29) is 52.7 Å². The Labute approximate surface area is 293 Å². The van der Waals surface area contributed by atoms with Crippen LogP contribution in [0.3, 0.4) is 0 Å². The van der Waals surface area contributed by atoms with Gasteiger partial charge in [0.15, 0.2) is 14.0 Å². The van der Waals surface area contributed by atoms with Gasteiger partial charge in [-0.05, 0) is 67.4 Å². The maximum Gasteiger partial charge on any atom is 0.407 e.